The Kier molecular flexibility index (Phi) is 2.41. The van der Waals surface area contributed by atoms with E-state index in [-0.39, 0.29) is 0 Å². The van der Waals surface area contributed by atoms with Crippen molar-refractivity contribution in [2.75, 3.05) is 6.61 Å². The fraction of sp³-hybridized carbons (Fsp3) is 1.00. The lowest BCUT2D eigenvalue weighted by atomic mass is 9.54. The van der Waals surface area contributed by atoms with Gasteiger partial charge in [0.05, 0.1) is 12.2 Å². The van der Waals surface area contributed by atoms with Gasteiger partial charge in [0.15, 0.2) is 0 Å². The van der Waals surface area contributed by atoms with Crippen LogP contribution in [0.25, 0.3) is 0 Å². The van der Waals surface area contributed by atoms with E-state index in [0.717, 1.165) is 24.4 Å². The summed E-state index contributed by atoms with van der Waals surface area (Å²) in [6.07, 6.45) is 8.65. The Morgan fingerprint density at radius 1 is 0.938 bits per heavy atom. The Morgan fingerprint density at radius 3 is 1.75 bits per heavy atom. The molecule has 92 valence electrons. The minimum Gasteiger partial charge on any atom is -0.374 e. The van der Waals surface area contributed by atoms with E-state index < -0.39 is 0 Å². The molecule has 1 heteroatoms. The predicted octanol–water partition coefficient (Wildman–Crippen LogP) is 4.02. The summed E-state index contributed by atoms with van der Waals surface area (Å²) in [4.78, 5) is 0. The van der Waals surface area contributed by atoms with E-state index in [1.54, 1.807) is 0 Å². The van der Waals surface area contributed by atoms with Crippen LogP contribution < -0.4 is 0 Å². The second-order valence-corrected chi connectivity index (χ2v) is 7.95. The molecular formula is C15H26O. The van der Waals surface area contributed by atoms with Crippen molar-refractivity contribution in [3.05, 3.63) is 0 Å². The lowest BCUT2D eigenvalue weighted by Gasteiger charge is -2.56. The van der Waals surface area contributed by atoms with Crippen LogP contribution in [-0.4, -0.2) is 12.2 Å². The summed E-state index contributed by atoms with van der Waals surface area (Å²) < 4.78 is 6.41. The monoisotopic (exact) mass is 222 g/mol. The van der Waals surface area contributed by atoms with Crippen molar-refractivity contribution in [3.8, 4) is 0 Å². The van der Waals surface area contributed by atoms with Crippen molar-refractivity contribution in [2.24, 2.45) is 23.2 Å². The molecule has 4 fully saturated rings. The first kappa shape index (κ1) is 11.1. The van der Waals surface area contributed by atoms with Crippen LogP contribution in [0, 0.1) is 23.2 Å². The molecule has 0 saturated heterocycles. The maximum Gasteiger partial charge on any atom is 0.0690 e. The Bertz CT molecular complexity index is 238. The first-order valence-corrected chi connectivity index (χ1v) is 7.08. The van der Waals surface area contributed by atoms with Crippen molar-refractivity contribution in [1.82, 2.24) is 0 Å². The third-order valence-corrected chi connectivity index (χ3v) is 4.79. The molecular weight excluding hydrogens is 196 g/mol. The second kappa shape index (κ2) is 3.48. The quantitative estimate of drug-likeness (QED) is 0.685. The summed E-state index contributed by atoms with van der Waals surface area (Å²) in [5.74, 6) is 3.02. The fourth-order valence-corrected chi connectivity index (χ4v) is 4.58. The zero-order valence-corrected chi connectivity index (χ0v) is 11.1. The van der Waals surface area contributed by atoms with Gasteiger partial charge in [-0.15, -0.1) is 0 Å². The van der Waals surface area contributed by atoms with Gasteiger partial charge in [-0.2, -0.15) is 0 Å². The van der Waals surface area contributed by atoms with Gasteiger partial charge in [0.1, 0.15) is 0 Å². The fourth-order valence-electron chi connectivity index (χ4n) is 4.58. The highest BCUT2D eigenvalue weighted by atomic mass is 16.5. The Balaban J connectivity index is 1.69. The van der Waals surface area contributed by atoms with Crippen molar-refractivity contribution >= 4 is 0 Å². The molecule has 4 aliphatic rings. The van der Waals surface area contributed by atoms with Crippen LogP contribution in [0.2, 0.25) is 0 Å². The molecule has 0 aromatic heterocycles. The van der Waals surface area contributed by atoms with Crippen LogP contribution in [0.4, 0.5) is 0 Å². The molecule has 0 aromatic rings. The van der Waals surface area contributed by atoms with Crippen LogP contribution in [0.1, 0.15) is 59.3 Å². The van der Waals surface area contributed by atoms with E-state index in [1.165, 1.54) is 38.5 Å². The van der Waals surface area contributed by atoms with E-state index in [0.29, 0.717) is 11.0 Å². The lowest BCUT2D eigenvalue weighted by Crippen LogP contribution is -2.52. The molecule has 0 aliphatic heterocycles. The van der Waals surface area contributed by atoms with E-state index in [1.807, 2.05) is 0 Å². The molecule has 4 aliphatic carbocycles. The normalized spacial score (nSPS) is 46.3. The van der Waals surface area contributed by atoms with Gasteiger partial charge >= 0.3 is 0 Å². The first-order chi connectivity index (χ1) is 7.44. The summed E-state index contributed by atoms with van der Waals surface area (Å²) in [6, 6.07) is 0. The van der Waals surface area contributed by atoms with Crippen molar-refractivity contribution in [3.63, 3.8) is 0 Å². The first-order valence-electron chi connectivity index (χ1n) is 7.08. The second-order valence-electron chi connectivity index (χ2n) is 7.95. The highest BCUT2D eigenvalue weighted by Crippen LogP contribution is 2.57. The zero-order valence-electron chi connectivity index (χ0n) is 11.1. The predicted molar refractivity (Wildman–Crippen MR) is 66.3 cm³/mol. The zero-order chi connectivity index (χ0) is 11.4. The van der Waals surface area contributed by atoms with E-state index >= 15 is 0 Å². The largest absolute Gasteiger partial charge is 0.374 e. The number of hydrogen-bond donors (Lipinski definition) is 0. The maximum absolute atomic E-state index is 6.41. The highest BCUT2D eigenvalue weighted by Gasteiger charge is 2.51. The van der Waals surface area contributed by atoms with Crippen molar-refractivity contribution < 1.29 is 4.74 Å². The molecule has 0 amide bonds. The lowest BCUT2D eigenvalue weighted by molar-refractivity contribution is -0.174. The minimum absolute atomic E-state index is 0.308. The molecule has 0 spiro atoms. The average Bonchev–Trinajstić information content (AvgIpc) is 2.11. The minimum atomic E-state index is 0.308. The number of hydrogen-bond acceptors (Lipinski definition) is 1. The molecule has 0 heterocycles. The van der Waals surface area contributed by atoms with Crippen molar-refractivity contribution in [1.29, 1.82) is 0 Å². The average molecular weight is 222 g/mol. The van der Waals surface area contributed by atoms with E-state index in [2.05, 4.69) is 20.8 Å². The van der Waals surface area contributed by atoms with E-state index in [4.69, 9.17) is 4.74 Å². The summed E-state index contributed by atoms with van der Waals surface area (Å²) in [7, 11) is 0. The summed E-state index contributed by atoms with van der Waals surface area (Å²) in [5.41, 5.74) is 0.630. The van der Waals surface area contributed by atoms with Crippen LogP contribution in [-0.2, 0) is 4.74 Å². The molecule has 4 bridgehead atoms. The molecule has 4 saturated carbocycles. The van der Waals surface area contributed by atoms with Gasteiger partial charge < -0.3 is 4.74 Å². The standard InChI is InChI=1S/C15H26O/c1-14(2,3)10-16-15-7-11-4-12(8-15)6-13(5-11)9-15/h11-13H,4-10H2,1-3H3. The topological polar surface area (TPSA) is 9.23 Å². The molecule has 1 nitrogen and oxygen atoms in total. The maximum atomic E-state index is 6.41. The molecule has 0 aromatic carbocycles. The van der Waals surface area contributed by atoms with Gasteiger partial charge in [-0.05, 0) is 61.7 Å². The van der Waals surface area contributed by atoms with E-state index in [9.17, 15) is 0 Å². The number of rotatable bonds is 2. The molecule has 0 N–H and O–H groups in total. The van der Waals surface area contributed by atoms with Gasteiger partial charge in [0.2, 0.25) is 0 Å². The van der Waals surface area contributed by atoms with Crippen LogP contribution >= 0.6 is 0 Å². The molecule has 0 unspecified atom stereocenters. The summed E-state index contributed by atoms with van der Waals surface area (Å²) >= 11 is 0. The van der Waals surface area contributed by atoms with Gasteiger partial charge in [0, 0.05) is 0 Å². The van der Waals surface area contributed by atoms with Gasteiger partial charge in [-0.1, -0.05) is 20.8 Å². The van der Waals surface area contributed by atoms with Crippen LogP contribution in [0.5, 0.6) is 0 Å². The number of ether oxygens (including phenoxy) is 1. The Hall–Kier alpha value is -0.0400. The van der Waals surface area contributed by atoms with Gasteiger partial charge in [0.25, 0.3) is 0 Å². The Morgan fingerprint density at radius 2 is 1.38 bits per heavy atom. The molecule has 0 radical (unpaired) electrons. The van der Waals surface area contributed by atoms with Gasteiger partial charge in [-0.3, -0.25) is 0 Å². The third kappa shape index (κ3) is 2.03. The highest BCUT2D eigenvalue weighted by molar-refractivity contribution is 5.03. The molecule has 16 heavy (non-hydrogen) atoms. The smallest absolute Gasteiger partial charge is 0.0690 e. The third-order valence-electron chi connectivity index (χ3n) is 4.79. The summed E-state index contributed by atoms with van der Waals surface area (Å²) in [5, 5.41) is 0. The Labute approximate surface area is 99.9 Å². The molecule has 0 atom stereocenters. The van der Waals surface area contributed by atoms with Crippen molar-refractivity contribution in [2.45, 2.75) is 64.9 Å². The molecule has 4 rings (SSSR count). The van der Waals surface area contributed by atoms with Gasteiger partial charge in [-0.25, -0.2) is 0 Å². The summed E-state index contributed by atoms with van der Waals surface area (Å²) in [6.45, 7) is 7.80. The van der Waals surface area contributed by atoms with Crippen LogP contribution in [0.3, 0.4) is 0 Å². The van der Waals surface area contributed by atoms with Crippen LogP contribution in [0.15, 0.2) is 0 Å². The SMILES string of the molecule is CC(C)(C)COC12CC3CC(CC(C3)C1)C2.